The van der Waals surface area contributed by atoms with Crippen molar-refractivity contribution in [2.24, 2.45) is 0 Å². The van der Waals surface area contributed by atoms with Crippen LogP contribution in [0, 0.1) is 0 Å². The summed E-state index contributed by atoms with van der Waals surface area (Å²) in [6.45, 7) is 0. The minimum Gasteiger partial charge on any atom is -0.357 e. The van der Waals surface area contributed by atoms with Crippen molar-refractivity contribution in [3.8, 4) is 0 Å². The highest BCUT2D eigenvalue weighted by atomic mass is 16.2. The van der Waals surface area contributed by atoms with Gasteiger partial charge in [-0.3, -0.25) is 4.79 Å². The smallest absolute Gasteiger partial charge is 0.320 e. The fraction of sp³-hybridized carbons (Fsp3) is 0.125. The molecular formula is C16H17N3O2. The second kappa shape index (κ2) is 7.09. The van der Waals surface area contributed by atoms with E-state index < -0.39 is 12.1 Å². The fourth-order valence-electron chi connectivity index (χ4n) is 1.91. The average molecular weight is 283 g/mol. The first-order chi connectivity index (χ1) is 10.2. The number of likely N-dealkylation sites (N-methyl/N-ethyl adjacent to an activating group) is 1. The Balaban J connectivity index is 2.09. The van der Waals surface area contributed by atoms with Crippen LogP contribution < -0.4 is 16.0 Å². The van der Waals surface area contributed by atoms with Crippen LogP contribution in [0.2, 0.25) is 0 Å². The molecule has 5 heteroatoms. The van der Waals surface area contributed by atoms with Gasteiger partial charge in [0.1, 0.15) is 6.04 Å². The molecule has 3 N–H and O–H groups in total. The maximum atomic E-state index is 12.0. The minimum absolute atomic E-state index is 0.274. The summed E-state index contributed by atoms with van der Waals surface area (Å²) in [4.78, 5) is 24.0. The van der Waals surface area contributed by atoms with E-state index >= 15 is 0 Å². The highest BCUT2D eigenvalue weighted by Crippen LogP contribution is 2.13. The molecule has 2 rings (SSSR count). The Morgan fingerprint density at radius 3 is 2.05 bits per heavy atom. The van der Waals surface area contributed by atoms with Crippen LogP contribution in [-0.4, -0.2) is 19.0 Å². The van der Waals surface area contributed by atoms with Crippen molar-refractivity contribution >= 4 is 17.6 Å². The number of benzene rings is 2. The molecule has 108 valence electrons. The second-order valence-corrected chi connectivity index (χ2v) is 4.42. The topological polar surface area (TPSA) is 70.2 Å². The third-order valence-corrected chi connectivity index (χ3v) is 2.95. The summed E-state index contributed by atoms with van der Waals surface area (Å²) in [5, 5.41) is 7.91. The summed E-state index contributed by atoms with van der Waals surface area (Å²) < 4.78 is 0. The van der Waals surface area contributed by atoms with Crippen LogP contribution in [-0.2, 0) is 4.79 Å². The zero-order valence-corrected chi connectivity index (χ0v) is 11.7. The first kappa shape index (κ1) is 14.6. The van der Waals surface area contributed by atoms with Gasteiger partial charge < -0.3 is 16.0 Å². The number of anilines is 1. The zero-order chi connectivity index (χ0) is 15.1. The van der Waals surface area contributed by atoms with E-state index in [0.717, 1.165) is 5.56 Å². The van der Waals surface area contributed by atoms with Crippen LogP contribution in [0.5, 0.6) is 0 Å². The quantitative estimate of drug-likeness (QED) is 0.805. The van der Waals surface area contributed by atoms with Crippen molar-refractivity contribution in [2.45, 2.75) is 6.04 Å². The standard InChI is InChI=1S/C16H17N3O2/c1-17-15(20)14(12-8-4-2-5-9-12)19-16(21)18-13-10-6-3-7-11-13/h2-11,14H,1H3,(H,17,20)(H2,18,19,21). The molecule has 0 saturated heterocycles. The van der Waals surface area contributed by atoms with Gasteiger partial charge in [-0.05, 0) is 17.7 Å². The number of hydrogen-bond donors (Lipinski definition) is 3. The van der Waals surface area contributed by atoms with Gasteiger partial charge in [0.05, 0.1) is 0 Å². The van der Waals surface area contributed by atoms with Crippen LogP contribution in [0.25, 0.3) is 0 Å². The van der Waals surface area contributed by atoms with Gasteiger partial charge in [-0.2, -0.15) is 0 Å². The molecule has 0 aliphatic heterocycles. The summed E-state index contributed by atoms with van der Waals surface area (Å²) >= 11 is 0. The van der Waals surface area contributed by atoms with Crippen molar-refractivity contribution in [1.29, 1.82) is 0 Å². The number of hydrogen-bond acceptors (Lipinski definition) is 2. The molecule has 21 heavy (non-hydrogen) atoms. The van der Waals surface area contributed by atoms with Crippen molar-refractivity contribution in [1.82, 2.24) is 10.6 Å². The Hall–Kier alpha value is -2.82. The lowest BCUT2D eigenvalue weighted by molar-refractivity contribution is -0.122. The number of carbonyl (C=O) groups is 2. The first-order valence-corrected chi connectivity index (χ1v) is 6.60. The van der Waals surface area contributed by atoms with Crippen LogP contribution in [0.4, 0.5) is 10.5 Å². The highest BCUT2D eigenvalue weighted by molar-refractivity contribution is 5.94. The van der Waals surface area contributed by atoms with Gasteiger partial charge in [-0.25, -0.2) is 4.79 Å². The van der Waals surface area contributed by atoms with Gasteiger partial charge in [0.25, 0.3) is 0 Å². The summed E-state index contributed by atoms with van der Waals surface area (Å²) in [7, 11) is 1.54. The predicted molar refractivity (Wildman–Crippen MR) is 81.8 cm³/mol. The second-order valence-electron chi connectivity index (χ2n) is 4.42. The number of amides is 3. The summed E-state index contributed by atoms with van der Waals surface area (Å²) in [6, 6.07) is 17.0. The molecule has 2 aromatic rings. The van der Waals surface area contributed by atoms with E-state index in [1.54, 1.807) is 24.3 Å². The van der Waals surface area contributed by atoms with E-state index in [1.807, 2.05) is 36.4 Å². The molecule has 0 radical (unpaired) electrons. The molecule has 3 amide bonds. The molecule has 0 saturated carbocycles. The number of nitrogens with one attached hydrogen (secondary N) is 3. The fourth-order valence-corrected chi connectivity index (χ4v) is 1.91. The van der Waals surface area contributed by atoms with Gasteiger partial charge in [0.2, 0.25) is 5.91 Å². The maximum Gasteiger partial charge on any atom is 0.320 e. The molecule has 1 unspecified atom stereocenters. The van der Waals surface area contributed by atoms with Crippen molar-refractivity contribution in [3.63, 3.8) is 0 Å². The third kappa shape index (κ3) is 4.07. The Morgan fingerprint density at radius 2 is 1.48 bits per heavy atom. The number of carbonyl (C=O) groups excluding carboxylic acids is 2. The average Bonchev–Trinajstić information content (AvgIpc) is 2.53. The van der Waals surface area contributed by atoms with Gasteiger partial charge in [-0.1, -0.05) is 48.5 Å². The highest BCUT2D eigenvalue weighted by Gasteiger charge is 2.21. The predicted octanol–water partition coefficient (Wildman–Crippen LogP) is 2.30. The molecule has 2 aromatic carbocycles. The SMILES string of the molecule is CNC(=O)C(NC(=O)Nc1ccccc1)c1ccccc1. The molecule has 0 aliphatic rings. The van der Waals surface area contributed by atoms with Crippen LogP contribution >= 0.6 is 0 Å². The number of urea groups is 1. The van der Waals surface area contributed by atoms with E-state index in [1.165, 1.54) is 7.05 Å². The maximum absolute atomic E-state index is 12.0. The Labute approximate surface area is 123 Å². The molecule has 1 atom stereocenters. The van der Waals surface area contributed by atoms with Gasteiger partial charge in [0.15, 0.2) is 0 Å². The van der Waals surface area contributed by atoms with Crippen LogP contribution in [0.3, 0.4) is 0 Å². The van der Waals surface area contributed by atoms with Gasteiger partial charge >= 0.3 is 6.03 Å². The molecule has 0 aromatic heterocycles. The first-order valence-electron chi connectivity index (χ1n) is 6.60. The number of rotatable bonds is 4. The van der Waals surface area contributed by atoms with Gasteiger partial charge in [-0.15, -0.1) is 0 Å². The molecule has 0 bridgehead atoms. The molecule has 0 fully saturated rings. The van der Waals surface area contributed by atoms with Crippen LogP contribution in [0.1, 0.15) is 11.6 Å². The Bertz CT molecular complexity index is 599. The molecule has 0 heterocycles. The molecule has 0 spiro atoms. The van der Waals surface area contributed by atoms with E-state index in [4.69, 9.17) is 0 Å². The lowest BCUT2D eigenvalue weighted by Gasteiger charge is -2.18. The van der Waals surface area contributed by atoms with E-state index in [9.17, 15) is 9.59 Å². The molecular weight excluding hydrogens is 266 g/mol. The zero-order valence-electron chi connectivity index (χ0n) is 11.7. The summed E-state index contributed by atoms with van der Waals surface area (Å²) in [6.07, 6.45) is 0. The normalized spacial score (nSPS) is 11.3. The lowest BCUT2D eigenvalue weighted by atomic mass is 10.1. The van der Waals surface area contributed by atoms with Crippen molar-refractivity contribution in [2.75, 3.05) is 12.4 Å². The molecule has 5 nitrogen and oxygen atoms in total. The van der Waals surface area contributed by atoms with Crippen LogP contribution in [0.15, 0.2) is 60.7 Å². The monoisotopic (exact) mass is 283 g/mol. The minimum atomic E-state index is -0.736. The molecule has 0 aliphatic carbocycles. The number of para-hydroxylation sites is 1. The van der Waals surface area contributed by atoms with E-state index in [2.05, 4.69) is 16.0 Å². The van der Waals surface area contributed by atoms with Crippen molar-refractivity contribution < 1.29 is 9.59 Å². The van der Waals surface area contributed by atoms with Gasteiger partial charge in [0, 0.05) is 12.7 Å². The summed E-state index contributed by atoms with van der Waals surface area (Å²) in [5.74, 6) is -0.274. The lowest BCUT2D eigenvalue weighted by Crippen LogP contribution is -2.41. The Kier molecular flexibility index (Phi) is 4.93. The van der Waals surface area contributed by atoms with E-state index in [-0.39, 0.29) is 5.91 Å². The largest absolute Gasteiger partial charge is 0.357 e. The van der Waals surface area contributed by atoms with E-state index in [0.29, 0.717) is 5.69 Å². The van der Waals surface area contributed by atoms with Crippen molar-refractivity contribution in [3.05, 3.63) is 66.2 Å². The Morgan fingerprint density at radius 1 is 0.905 bits per heavy atom. The summed E-state index contributed by atoms with van der Waals surface area (Å²) in [5.41, 5.74) is 1.39. The third-order valence-electron chi connectivity index (χ3n) is 2.95.